The van der Waals surface area contributed by atoms with E-state index in [-0.39, 0.29) is 17.7 Å². The molecular weight excluding hydrogens is 209 g/mol. The third-order valence-electron chi connectivity index (χ3n) is 2.31. The minimum Gasteiger partial charge on any atom is -0.383 e. The third kappa shape index (κ3) is 3.41. The summed E-state index contributed by atoms with van der Waals surface area (Å²) in [6, 6.07) is 0.0822. The van der Waals surface area contributed by atoms with Crippen molar-refractivity contribution in [3.05, 3.63) is 17.8 Å². The topological polar surface area (TPSA) is 47.0 Å². The first kappa shape index (κ1) is 12.8. The van der Waals surface area contributed by atoms with E-state index in [1.807, 2.05) is 0 Å². The predicted octanol–water partition coefficient (Wildman–Crippen LogP) is 2.15. The Balaban J connectivity index is 2.72. The highest BCUT2D eigenvalue weighted by atomic mass is 19.1. The molecule has 0 amide bonds. The highest BCUT2D eigenvalue weighted by Gasteiger charge is 2.12. The Kier molecular flexibility index (Phi) is 5.11. The van der Waals surface area contributed by atoms with Crippen molar-refractivity contribution in [1.29, 1.82) is 0 Å². The van der Waals surface area contributed by atoms with Crippen LogP contribution >= 0.6 is 0 Å². The van der Waals surface area contributed by atoms with Gasteiger partial charge in [-0.2, -0.15) is 0 Å². The van der Waals surface area contributed by atoms with Crippen molar-refractivity contribution in [3.8, 4) is 0 Å². The Bertz CT molecular complexity index is 327. The summed E-state index contributed by atoms with van der Waals surface area (Å²) in [5, 5.41) is 3.04. The van der Waals surface area contributed by atoms with Gasteiger partial charge in [0.2, 0.25) is 0 Å². The maximum Gasteiger partial charge on any atom is 0.186 e. The number of ether oxygens (including phenoxy) is 1. The standard InChI is InChI=1S/C11H18FN3O/c1-4-5-9(6-16-3)15-11-10(12)8(2)13-7-14-11/h7,9H,4-6H2,1-3H3,(H,13,14,15). The third-order valence-corrected chi connectivity index (χ3v) is 2.31. The number of nitrogens with zero attached hydrogens (tertiary/aromatic N) is 2. The van der Waals surface area contributed by atoms with Gasteiger partial charge in [0.15, 0.2) is 11.6 Å². The summed E-state index contributed by atoms with van der Waals surface area (Å²) in [6.45, 7) is 4.23. The Morgan fingerprint density at radius 1 is 1.50 bits per heavy atom. The zero-order chi connectivity index (χ0) is 12.0. The van der Waals surface area contributed by atoms with E-state index in [0.29, 0.717) is 12.3 Å². The van der Waals surface area contributed by atoms with Crippen molar-refractivity contribution in [3.63, 3.8) is 0 Å². The Morgan fingerprint density at radius 3 is 2.88 bits per heavy atom. The van der Waals surface area contributed by atoms with E-state index in [1.165, 1.54) is 6.33 Å². The van der Waals surface area contributed by atoms with Gasteiger partial charge in [-0.3, -0.25) is 0 Å². The van der Waals surface area contributed by atoms with Crippen molar-refractivity contribution >= 4 is 5.82 Å². The zero-order valence-corrected chi connectivity index (χ0v) is 9.96. The van der Waals surface area contributed by atoms with Crippen LogP contribution in [0.5, 0.6) is 0 Å². The molecule has 4 nitrogen and oxygen atoms in total. The quantitative estimate of drug-likeness (QED) is 0.809. The van der Waals surface area contributed by atoms with Crippen LogP contribution in [0.25, 0.3) is 0 Å². The molecule has 1 rings (SSSR count). The highest BCUT2D eigenvalue weighted by molar-refractivity contribution is 5.37. The molecule has 1 N–H and O–H groups in total. The molecule has 1 heterocycles. The average molecular weight is 227 g/mol. The number of hydrogen-bond acceptors (Lipinski definition) is 4. The summed E-state index contributed by atoms with van der Waals surface area (Å²) in [6.07, 6.45) is 3.28. The van der Waals surface area contributed by atoms with Gasteiger partial charge in [0.1, 0.15) is 6.33 Å². The summed E-state index contributed by atoms with van der Waals surface area (Å²) >= 11 is 0. The largest absolute Gasteiger partial charge is 0.383 e. The molecule has 0 aliphatic rings. The zero-order valence-electron chi connectivity index (χ0n) is 9.96. The van der Waals surface area contributed by atoms with E-state index in [9.17, 15) is 4.39 Å². The number of methoxy groups -OCH3 is 1. The van der Waals surface area contributed by atoms with E-state index >= 15 is 0 Å². The molecule has 0 saturated carbocycles. The normalized spacial score (nSPS) is 12.5. The fourth-order valence-electron chi connectivity index (χ4n) is 1.50. The van der Waals surface area contributed by atoms with Crippen LogP contribution in [0, 0.1) is 12.7 Å². The van der Waals surface area contributed by atoms with E-state index < -0.39 is 0 Å². The van der Waals surface area contributed by atoms with Crippen LogP contribution in [0.15, 0.2) is 6.33 Å². The monoisotopic (exact) mass is 227 g/mol. The van der Waals surface area contributed by atoms with E-state index in [4.69, 9.17) is 4.74 Å². The SMILES string of the molecule is CCCC(COC)Nc1ncnc(C)c1F. The summed E-state index contributed by atoms with van der Waals surface area (Å²) < 4.78 is 18.7. The number of rotatable bonds is 6. The first-order valence-corrected chi connectivity index (χ1v) is 5.41. The molecular formula is C11H18FN3O. The van der Waals surface area contributed by atoms with Crippen LogP contribution < -0.4 is 5.32 Å². The van der Waals surface area contributed by atoms with Gasteiger partial charge in [-0.1, -0.05) is 13.3 Å². The summed E-state index contributed by atoms with van der Waals surface area (Å²) in [4.78, 5) is 7.67. The van der Waals surface area contributed by atoms with Gasteiger partial charge in [0.25, 0.3) is 0 Å². The van der Waals surface area contributed by atoms with Crippen molar-refractivity contribution < 1.29 is 9.13 Å². The smallest absolute Gasteiger partial charge is 0.186 e. The van der Waals surface area contributed by atoms with E-state index in [1.54, 1.807) is 14.0 Å². The number of halogens is 1. The predicted molar refractivity (Wildman–Crippen MR) is 60.9 cm³/mol. The Labute approximate surface area is 95.3 Å². The van der Waals surface area contributed by atoms with Gasteiger partial charge in [-0.05, 0) is 13.3 Å². The molecule has 0 radical (unpaired) electrons. The number of aryl methyl sites for hydroxylation is 1. The maximum atomic E-state index is 13.6. The average Bonchev–Trinajstić information content (AvgIpc) is 2.25. The van der Waals surface area contributed by atoms with Crippen LogP contribution in [-0.2, 0) is 4.74 Å². The lowest BCUT2D eigenvalue weighted by Gasteiger charge is -2.18. The van der Waals surface area contributed by atoms with Gasteiger partial charge in [0, 0.05) is 7.11 Å². The van der Waals surface area contributed by atoms with Crippen molar-refractivity contribution in [2.24, 2.45) is 0 Å². The van der Waals surface area contributed by atoms with Crippen molar-refractivity contribution in [2.45, 2.75) is 32.7 Å². The Hall–Kier alpha value is -1.23. The van der Waals surface area contributed by atoms with Gasteiger partial charge in [0.05, 0.1) is 18.3 Å². The van der Waals surface area contributed by atoms with E-state index in [0.717, 1.165) is 12.8 Å². The molecule has 1 aromatic heterocycles. The lowest BCUT2D eigenvalue weighted by atomic mass is 10.2. The van der Waals surface area contributed by atoms with Crippen LogP contribution in [0.3, 0.4) is 0 Å². The number of hydrogen-bond donors (Lipinski definition) is 1. The van der Waals surface area contributed by atoms with Gasteiger partial charge < -0.3 is 10.1 Å². The minimum absolute atomic E-state index is 0.0822. The van der Waals surface area contributed by atoms with Gasteiger partial charge in [-0.15, -0.1) is 0 Å². The summed E-state index contributed by atoms with van der Waals surface area (Å²) in [5.41, 5.74) is 0.352. The van der Waals surface area contributed by atoms with Crippen molar-refractivity contribution in [2.75, 3.05) is 19.0 Å². The molecule has 0 fully saturated rings. The molecule has 16 heavy (non-hydrogen) atoms. The Morgan fingerprint density at radius 2 is 2.25 bits per heavy atom. The number of aromatic nitrogens is 2. The first-order valence-electron chi connectivity index (χ1n) is 5.41. The molecule has 0 saturated heterocycles. The van der Waals surface area contributed by atoms with Crippen LogP contribution in [0.2, 0.25) is 0 Å². The molecule has 5 heteroatoms. The molecule has 1 unspecified atom stereocenters. The second-order valence-corrected chi connectivity index (χ2v) is 3.71. The number of nitrogens with one attached hydrogen (secondary N) is 1. The minimum atomic E-state index is -0.389. The van der Waals surface area contributed by atoms with Crippen LogP contribution in [-0.4, -0.2) is 29.7 Å². The van der Waals surface area contributed by atoms with Crippen LogP contribution in [0.4, 0.5) is 10.2 Å². The molecule has 0 bridgehead atoms. The van der Waals surface area contributed by atoms with Gasteiger partial charge >= 0.3 is 0 Å². The second kappa shape index (κ2) is 6.37. The summed E-state index contributed by atoms with van der Waals surface area (Å²) in [5.74, 6) is -0.136. The molecule has 1 atom stereocenters. The first-order chi connectivity index (χ1) is 7.69. The lowest BCUT2D eigenvalue weighted by Crippen LogP contribution is -2.26. The molecule has 90 valence electrons. The molecule has 1 aromatic rings. The van der Waals surface area contributed by atoms with Crippen LogP contribution in [0.1, 0.15) is 25.5 Å². The second-order valence-electron chi connectivity index (χ2n) is 3.71. The fraction of sp³-hybridized carbons (Fsp3) is 0.636. The van der Waals surface area contributed by atoms with Gasteiger partial charge in [-0.25, -0.2) is 14.4 Å². The molecule has 0 spiro atoms. The molecule has 0 aliphatic carbocycles. The fourth-order valence-corrected chi connectivity index (χ4v) is 1.50. The molecule has 0 aliphatic heterocycles. The lowest BCUT2D eigenvalue weighted by molar-refractivity contribution is 0.182. The molecule has 0 aromatic carbocycles. The highest BCUT2D eigenvalue weighted by Crippen LogP contribution is 2.14. The van der Waals surface area contributed by atoms with Crippen molar-refractivity contribution in [1.82, 2.24) is 9.97 Å². The maximum absolute atomic E-state index is 13.6. The summed E-state index contributed by atoms with van der Waals surface area (Å²) in [7, 11) is 1.63. The van der Waals surface area contributed by atoms with E-state index in [2.05, 4.69) is 22.2 Å². The number of anilines is 1.